The average molecular weight is 351 g/mol. The van der Waals surface area contributed by atoms with Crippen LogP contribution in [0.3, 0.4) is 0 Å². The number of oxazole rings is 1. The first kappa shape index (κ1) is 15.4. The maximum absolute atomic E-state index is 12.8. The van der Waals surface area contributed by atoms with Crippen LogP contribution in [-0.4, -0.2) is 20.7 Å². The van der Waals surface area contributed by atoms with Crippen molar-refractivity contribution in [3.05, 3.63) is 90.3 Å². The fraction of sp³-hybridized carbons (Fsp3) is 0. The van der Waals surface area contributed by atoms with Crippen molar-refractivity contribution in [3.8, 4) is 11.5 Å². The summed E-state index contributed by atoms with van der Waals surface area (Å²) in [4.78, 5) is 26.0. The molecule has 0 saturated carbocycles. The fourth-order valence-electron chi connectivity index (χ4n) is 2.99. The van der Waals surface area contributed by atoms with Gasteiger partial charge in [-0.3, -0.25) is 9.78 Å². The Kier molecular flexibility index (Phi) is 3.50. The second kappa shape index (κ2) is 6.14. The lowest BCUT2D eigenvalue weighted by atomic mass is 10.1. The molecule has 0 bridgehead atoms. The molecule has 5 rings (SSSR count). The van der Waals surface area contributed by atoms with E-state index in [2.05, 4.69) is 15.0 Å². The molecule has 0 amide bonds. The Morgan fingerprint density at radius 2 is 1.67 bits per heavy atom. The van der Waals surface area contributed by atoms with Crippen molar-refractivity contribution in [3.63, 3.8) is 0 Å². The quantitative estimate of drug-likeness (QED) is 0.442. The summed E-state index contributed by atoms with van der Waals surface area (Å²) >= 11 is 0. The number of benzene rings is 2. The lowest BCUT2D eigenvalue weighted by molar-refractivity contribution is 0.103. The molecule has 128 valence electrons. The number of ketones is 1. The molecular formula is C22H13N3O2. The highest BCUT2D eigenvalue weighted by Crippen LogP contribution is 2.24. The molecule has 0 aliphatic rings. The average Bonchev–Trinajstić information content (AvgIpc) is 3.17. The summed E-state index contributed by atoms with van der Waals surface area (Å²) in [6.45, 7) is 0. The number of aromatic nitrogens is 3. The zero-order chi connectivity index (χ0) is 18.2. The maximum atomic E-state index is 12.8. The molecular weight excluding hydrogens is 338 g/mol. The summed E-state index contributed by atoms with van der Waals surface area (Å²) in [5.41, 5.74) is 3.47. The minimum atomic E-state index is -0.195. The molecule has 5 aromatic rings. The highest BCUT2D eigenvalue weighted by atomic mass is 16.3. The number of carbonyl (C=O) groups is 1. The van der Waals surface area contributed by atoms with Crippen molar-refractivity contribution in [2.45, 2.75) is 0 Å². The number of hydrogen-bond acceptors (Lipinski definition) is 5. The Morgan fingerprint density at radius 3 is 2.56 bits per heavy atom. The molecule has 0 N–H and O–H groups in total. The van der Waals surface area contributed by atoms with Crippen molar-refractivity contribution in [2.75, 3.05) is 0 Å². The van der Waals surface area contributed by atoms with Crippen LogP contribution in [0.1, 0.15) is 16.1 Å². The number of rotatable bonds is 3. The normalized spacial score (nSPS) is 11.1. The van der Waals surface area contributed by atoms with Gasteiger partial charge < -0.3 is 4.42 Å². The van der Waals surface area contributed by atoms with E-state index in [1.165, 1.54) is 0 Å². The van der Waals surface area contributed by atoms with E-state index < -0.39 is 0 Å². The first-order chi connectivity index (χ1) is 13.3. The number of hydrogen-bond donors (Lipinski definition) is 0. The van der Waals surface area contributed by atoms with Crippen molar-refractivity contribution in [2.24, 2.45) is 0 Å². The minimum absolute atomic E-state index is 0.195. The zero-order valence-electron chi connectivity index (χ0n) is 14.2. The standard InChI is InChI=1S/C22H13N3O2/c26-20(16-12-15-8-4-5-9-17(15)23-13-16)18-10-11-19-21(24-18)25-22(27-19)14-6-2-1-3-7-14/h1-13H. The van der Waals surface area contributed by atoms with E-state index in [1.54, 1.807) is 18.3 Å². The number of fused-ring (bicyclic) bond motifs is 2. The Hall–Kier alpha value is -3.86. The summed E-state index contributed by atoms with van der Waals surface area (Å²) in [7, 11) is 0. The second-order valence-electron chi connectivity index (χ2n) is 6.15. The van der Waals surface area contributed by atoms with Crippen LogP contribution >= 0.6 is 0 Å². The first-order valence-electron chi connectivity index (χ1n) is 8.50. The molecule has 0 radical (unpaired) electrons. The van der Waals surface area contributed by atoms with Gasteiger partial charge in [0.05, 0.1) is 5.52 Å². The van der Waals surface area contributed by atoms with E-state index in [1.807, 2.05) is 60.7 Å². The third-order valence-electron chi connectivity index (χ3n) is 4.36. The summed E-state index contributed by atoms with van der Waals surface area (Å²) in [6, 6.07) is 22.5. The van der Waals surface area contributed by atoms with Gasteiger partial charge in [-0.25, -0.2) is 4.98 Å². The molecule has 3 aromatic heterocycles. The number of nitrogens with zero attached hydrogens (tertiary/aromatic N) is 3. The topological polar surface area (TPSA) is 68.9 Å². The van der Waals surface area contributed by atoms with E-state index in [9.17, 15) is 4.79 Å². The number of para-hydroxylation sites is 1. The predicted molar refractivity (Wildman–Crippen MR) is 102 cm³/mol. The fourth-order valence-corrected chi connectivity index (χ4v) is 2.99. The number of carbonyl (C=O) groups excluding carboxylic acids is 1. The number of pyridine rings is 2. The van der Waals surface area contributed by atoms with E-state index in [-0.39, 0.29) is 5.78 Å². The smallest absolute Gasteiger partial charge is 0.228 e. The highest BCUT2D eigenvalue weighted by molar-refractivity contribution is 6.09. The van der Waals surface area contributed by atoms with Gasteiger partial charge in [-0.15, -0.1) is 0 Å². The van der Waals surface area contributed by atoms with Gasteiger partial charge in [-0.05, 0) is 36.4 Å². The van der Waals surface area contributed by atoms with Crippen LogP contribution in [0.15, 0.2) is 83.4 Å². The molecule has 5 nitrogen and oxygen atoms in total. The largest absolute Gasteiger partial charge is 0.434 e. The van der Waals surface area contributed by atoms with Gasteiger partial charge in [0.25, 0.3) is 0 Å². The summed E-state index contributed by atoms with van der Waals surface area (Å²) < 4.78 is 5.75. The predicted octanol–water partition coefficient (Wildman–Crippen LogP) is 4.67. The molecule has 0 fully saturated rings. The molecule has 0 atom stereocenters. The van der Waals surface area contributed by atoms with Crippen molar-refractivity contribution in [1.29, 1.82) is 0 Å². The monoisotopic (exact) mass is 351 g/mol. The molecule has 0 spiro atoms. The Labute approximate surface area is 154 Å². The highest BCUT2D eigenvalue weighted by Gasteiger charge is 2.15. The Morgan fingerprint density at radius 1 is 0.852 bits per heavy atom. The molecule has 0 saturated heterocycles. The minimum Gasteiger partial charge on any atom is -0.434 e. The molecule has 5 heteroatoms. The van der Waals surface area contributed by atoms with Gasteiger partial charge in [0.1, 0.15) is 5.69 Å². The van der Waals surface area contributed by atoms with Gasteiger partial charge in [0.2, 0.25) is 11.7 Å². The zero-order valence-corrected chi connectivity index (χ0v) is 14.2. The van der Waals surface area contributed by atoms with Crippen LogP contribution < -0.4 is 0 Å². The summed E-state index contributed by atoms with van der Waals surface area (Å²) in [6.07, 6.45) is 1.58. The molecule has 0 aliphatic carbocycles. The molecule has 27 heavy (non-hydrogen) atoms. The molecule has 0 unspecified atom stereocenters. The maximum Gasteiger partial charge on any atom is 0.228 e. The lowest BCUT2D eigenvalue weighted by Crippen LogP contribution is -2.04. The third-order valence-corrected chi connectivity index (χ3v) is 4.36. The van der Waals surface area contributed by atoms with Crippen LogP contribution in [-0.2, 0) is 0 Å². The van der Waals surface area contributed by atoms with Crippen molar-refractivity contribution < 1.29 is 9.21 Å². The van der Waals surface area contributed by atoms with Gasteiger partial charge in [0.15, 0.2) is 11.2 Å². The molecule has 3 heterocycles. The lowest BCUT2D eigenvalue weighted by Gasteiger charge is -2.02. The van der Waals surface area contributed by atoms with Crippen molar-refractivity contribution in [1.82, 2.24) is 15.0 Å². The van der Waals surface area contributed by atoms with E-state index in [0.717, 1.165) is 16.5 Å². The van der Waals surface area contributed by atoms with Gasteiger partial charge in [0, 0.05) is 22.7 Å². The van der Waals surface area contributed by atoms with E-state index in [4.69, 9.17) is 4.42 Å². The first-order valence-corrected chi connectivity index (χ1v) is 8.50. The van der Waals surface area contributed by atoms with Crippen LogP contribution in [0.4, 0.5) is 0 Å². The van der Waals surface area contributed by atoms with Crippen LogP contribution in [0.25, 0.3) is 33.6 Å². The molecule has 2 aromatic carbocycles. The summed E-state index contributed by atoms with van der Waals surface area (Å²) in [5, 5.41) is 0.914. The van der Waals surface area contributed by atoms with Gasteiger partial charge in [-0.2, -0.15) is 4.98 Å². The van der Waals surface area contributed by atoms with Gasteiger partial charge in [-0.1, -0.05) is 36.4 Å². The van der Waals surface area contributed by atoms with Gasteiger partial charge >= 0.3 is 0 Å². The molecule has 0 aliphatic heterocycles. The second-order valence-corrected chi connectivity index (χ2v) is 6.15. The Balaban J connectivity index is 1.54. The van der Waals surface area contributed by atoms with Crippen LogP contribution in [0.5, 0.6) is 0 Å². The van der Waals surface area contributed by atoms with Crippen LogP contribution in [0.2, 0.25) is 0 Å². The van der Waals surface area contributed by atoms with Crippen LogP contribution in [0, 0.1) is 0 Å². The van der Waals surface area contributed by atoms with E-state index >= 15 is 0 Å². The van der Waals surface area contributed by atoms with Crippen molar-refractivity contribution >= 4 is 27.9 Å². The SMILES string of the molecule is O=C(c1cnc2ccccc2c1)c1ccc2oc(-c3ccccc3)nc2n1. The summed E-state index contributed by atoms with van der Waals surface area (Å²) in [5.74, 6) is 0.287. The van der Waals surface area contributed by atoms with E-state index in [0.29, 0.717) is 28.4 Å². The third kappa shape index (κ3) is 2.75. The Bertz CT molecular complexity index is 1290.